The lowest BCUT2D eigenvalue weighted by Gasteiger charge is -2.22. The third-order valence-corrected chi connectivity index (χ3v) is 4.78. The molecular weight excluding hydrogens is 459 g/mol. The van der Waals surface area contributed by atoms with Gasteiger partial charge in [0.05, 0.1) is 12.1 Å². The fraction of sp³-hybridized carbons (Fsp3) is 0.474. The van der Waals surface area contributed by atoms with Crippen molar-refractivity contribution in [3.8, 4) is 5.75 Å². The van der Waals surface area contributed by atoms with Gasteiger partial charge in [-0.05, 0) is 38.0 Å². The molecule has 144 valence electrons. The molecule has 0 spiro atoms. The van der Waals surface area contributed by atoms with Gasteiger partial charge in [0.2, 0.25) is 0 Å². The van der Waals surface area contributed by atoms with E-state index < -0.39 is 0 Å². The van der Waals surface area contributed by atoms with Crippen molar-refractivity contribution in [2.24, 2.45) is 4.99 Å². The summed E-state index contributed by atoms with van der Waals surface area (Å²) in [5.41, 5.74) is 2.34. The third kappa shape index (κ3) is 7.49. The second-order valence-corrected chi connectivity index (χ2v) is 6.87. The molecule has 2 rings (SSSR count). The number of benzene rings is 1. The van der Waals surface area contributed by atoms with E-state index in [0.29, 0.717) is 0 Å². The molecule has 5 nitrogen and oxygen atoms in total. The van der Waals surface area contributed by atoms with E-state index in [0.717, 1.165) is 49.9 Å². The molecule has 0 saturated heterocycles. The summed E-state index contributed by atoms with van der Waals surface area (Å²) < 4.78 is 5.21. The van der Waals surface area contributed by atoms with Crippen molar-refractivity contribution in [1.29, 1.82) is 0 Å². The Morgan fingerprint density at radius 3 is 2.62 bits per heavy atom. The molecule has 0 fully saturated rings. The molecule has 1 aromatic heterocycles. The smallest absolute Gasteiger partial charge is 0.193 e. The van der Waals surface area contributed by atoms with Gasteiger partial charge < -0.3 is 15.0 Å². The van der Waals surface area contributed by atoms with E-state index in [1.807, 2.05) is 19.1 Å². The van der Waals surface area contributed by atoms with Gasteiger partial charge in [-0.3, -0.25) is 4.99 Å². The summed E-state index contributed by atoms with van der Waals surface area (Å²) in [4.78, 5) is 11.4. The largest absolute Gasteiger partial charge is 0.497 e. The maximum atomic E-state index is 5.21. The zero-order chi connectivity index (χ0) is 18.1. The number of nitrogens with zero attached hydrogens (tertiary/aromatic N) is 3. The molecule has 26 heavy (non-hydrogen) atoms. The molecule has 7 heteroatoms. The zero-order valence-electron chi connectivity index (χ0n) is 16.0. The lowest BCUT2D eigenvalue weighted by atomic mass is 10.2. The van der Waals surface area contributed by atoms with Crippen molar-refractivity contribution in [2.45, 2.75) is 33.2 Å². The summed E-state index contributed by atoms with van der Waals surface area (Å²) in [5.74, 6) is 1.82. The van der Waals surface area contributed by atoms with Crippen molar-refractivity contribution in [2.75, 3.05) is 27.2 Å². The van der Waals surface area contributed by atoms with Crippen LogP contribution in [0.2, 0.25) is 0 Å². The maximum absolute atomic E-state index is 5.21. The topological polar surface area (TPSA) is 49.8 Å². The molecule has 0 aliphatic carbocycles. The minimum atomic E-state index is 0. The van der Waals surface area contributed by atoms with Gasteiger partial charge in [-0.25, -0.2) is 4.98 Å². The first-order valence-corrected chi connectivity index (χ1v) is 9.53. The number of guanidine groups is 1. The number of rotatable bonds is 8. The van der Waals surface area contributed by atoms with Crippen molar-refractivity contribution < 1.29 is 4.74 Å². The van der Waals surface area contributed by atoms with Gasteiger partial charge in [-0.2, -0.15) is 0 Å². The Balaban J connectivity index is 0.00000338. The Hall–Kier alpha value is -1.35. The quantitative estimate of drug-likeness (QED) is 0.263. The molecule has 0 aliphatic rings. The highest BCUT2D eigenvalue weighted by atomic mass is 127. The van der Waals surface area contributed by atoms with Crippen molar-refractivity contribution in [3.05, 3.63) is 45.9 Å². The molecule has 0 atom stereocenters. The summed E-state index contributed by atoms with van der Waals surface area (Å²) in [7, 11) is 3.75. The predicted molar refractivity (Wildman–Crippen MR) is 121 cm³/mol. The molecule has 0 unspecified atom stereocenters. The highest BCUT2D eigenvalue weighted by molar-refractivity contribution is 14.0. The zero-order valence-corrected chi connectivity index (χ0v) is 19.1. The van der Waals surface area contributed by atoms with Gasteiger partial charge in [0.1, 0.15) is 5.75 Å². The van der Waals surface area contributed by atoms with E-state index in [4.69, 9.17) is 9.73 Å². The number of aliphatic imine (C=N–C) groups is 1. The third-order valence-electron chi connectivity index (χ3n) is 3.75. The fourth-order valence-electron chi connectivity index (χ4n) is 2.48. The van der Waals surface area contributed by atoms with Crippen LogP contribution in [0, 0.1) is 6.92 Å². The van der Waals surface area contributed by atoms with Crippen molar-refractivity contribution in [1.82, 2.24) is 15.2 Å². The molecule has 0 radical (unpaired) electrons. The molecule has 1 N–H and O–H groups in total. The minimum Gasteiger partial charge on any atom is -0.497 e. The summed E-state index contributed by atoms with van der Waals surface area (Å²) in [6.45, 7) is 6.59. The van der Waals surface area contributed by atoms with Gasteiger partial charge >= 0.3 is 0 Å². The molecule has 0 amide bonds. The van der Waals surface area contributed by atoms with E-state index >= 15 is 0 Å². The number of hydrogen-bond donors (Lipinski definition) is 1. The van der Waals surface area contributed by atoms with Crippen LogP contribution in [0.5, 0.6) is 5.75 Å². The van der Waals surface area contributed by atoms with Crippen LogP contribution < -0.4 is 10.1 Å². The Bertz CT molecular complexity index is 672. The second kappa shape index (κ2) is 12.1. The van der Waals surface area contributed by atoms with E-state index in [2.05, 4.69) is 46.7 Å². The maximum Gasteiger partial charge on any atom is 0.193 e. The van der Waals surface area contributed by atoms with E-state index in [1.165, 1.54) is 10.6 Å². The van der Waals surface area contributed by atoms with Crippen LogP contribution >= 0.6 is 35.3 Å². The van der Waals surface area contributed by atoms with Gasteiger partial charge in [0.25, 0.3) is 0 Å². The second-order valence-electron chi connectivity index (χ2n) is 5.93. The summed E-state index contributed by atoms with van der Waals surface area (Å²) in [6.07, 6.45) is 2.00. The molecule has 2 aromatic rings. The van der Waals surface area contributed by atoms with Crippen LogP contribution in [0.1, 0.15) is 29.6 Å². The first-order valence-electron chi connectivity index (χ1n) is 8.65. The van der Waals surface area contributed by atoms with Gasteiger partial charge in [-0.15, -0.1) is 35.3 Å². The van der Waals surface area contributed by atoms with E-state index in [1.54, 1.807) is 18.4 Å². The number of hydrogen-bond acceptors (Lipinski definition) is 4. The summed E-state index contributed by atoms with van der Waals surface area (Å²) in [5, 5.41) is 6.67. The standard InChI is InChI=1S/C19H28N4OS.HI/c1-5-20-19(21-12-6-7-18-22-15(2)14-25-18)23(3)13-16-8-10-17(24-4)11-9-16;/h8-11,14H,5-7,12-13H2,1-4H3,(H,20,21);1H. The average molecular weight is 488 g/mol. The number of thiazole rings is 1. The SMILES string of the molecule is CCNC(=NCCCc1nc(C)cs1)N(C)Cc1ccc(OC)cc1.I. The Labute approximate surface area is 177 Å². The Kier molecular flexibility index (Phi) is 10.6. The number of aryl methyl sites for hydroxylation is 2. The monoisotopic (exact) mass is 488 g/mol. The lowest BCUT2D eigenvalue weighted by Crippen LogP contribution is -2.38. The Morgan fingerprint density at radius 2 is 2.04 bits per heavy atom. The normalized spacial score (nSPS) is 11.0. The van der Waals surface area contributed by atoms with E-state index in [-0.39, 0.29) is 24.0 Å². The van der Waals surface area contributed by atoms with Gasteiger partial charge in [0, 0.05) is 44.2 Å². The summed E-state index contributed by atoms with van der Waals surface area (Å²) >= 11 is 1.73. The molecule has 0 bridgehead atoms. The first kappa shape index (κ1) is 22.7. The van der Waals surface area contributed by atoms with Crippen LogP contribution in [0.25, 0.3) is 0 Å². The number of methoxy groups -OCH3 is 1. The first-order chi connectivity index (χ1) is 12.1. The number of halogens is 1. The van der Waals surface area contributed by atoms with Crippen LogP contribution in [-0.4, -0.2) is 43.1 Å². The highest BCUT2D eigenvalue weighted by Gasteiger charge is 2.07. The predicted octanol–water partition coefficient (Wildman–Crippen LogP) is 4.11. The van der Waals surface area contributed by atoms with Crippen molar-refractivity contribution >= 4 is 41.3 Å². The van der Waals surface area contributed by atoms with Crippen molar-refractivity contribution in [3.63, 3.8) is 0 Å². The summed E-state index contributed by atoms with van der Waals surface area (Å²) in [6, 6.07) is 8.15. The highest BCUT2D eigenvalue weighted by Crippen LogP contribution is 2.13. The number of nitrogens with one attached hydrogen (secondary N) is 1. The van der Waals surface area contributed by atoms with Gasteiger partial charge in [0.15, 0.2) is 5.96 Å². The van der Waals surface area contributed by atoms with Crippen LogP contribution in [-0.2, 0) is 13.0 Å². The van der Waals surface area contributed by atoms with Crippen LogP contribution in [0.3, 0.4) is 0 Å². The lowest BCUT2D eigenvalue weighted by molar-refractivity contribution is 0.414. The van der Waals surface area contributed by atoms with E-state index in [9.17, 15) is 0 Å². The molecule has 1 aromatic carbocycles. The molecule has 1 heterocycles. The average Bonchev–Trinajstić information content (AvgIpc) is 3.03. The fourth-order valence-corrected chi connectivity index (χ4v) is 3.30. The molecule has 0 saturated carbocycles. The molecular formula is C19H29IN4OS. The minimum absolute atomic E-state index is 0. The number of ether oxygens (including phenoxy) is 1. The Morgan fingerprint density at radius 1 is 1.31 bits per heavy atom. The molecule has 0 aliphatic heterocycles. The van der Waals surface area contributed by atoms with Crippen LogP contribution in [0.15, 0.2) is 34.6 Å². The number of aromatic nitrogens is 1. The van der Waals surface area contributed by atoms with Gasteiger partial charge in [-0.1, -0.05) is 12.1 Å². The van der Waals surface area contributed by atoms with Crippen LogP contribution in [0.4, 0.5) is 0 Å².